The molecule has 0 bridgehead atoms. The van der Waals surface area contributed by atoms with Gasteiger partial charge < -0.3 is 14.4 Å². The Labute approximate surface area is 191 Å². The SMILES string of the molecule is COc1ccc(CN(Cc2ccc(OC)cc2)S(=O)(=O)CCN2C(=O)CCC[C@H]2C)cc1. The molecule has 0 radical (unpaired) electrons. The van der Waals surface area contributed by atoms with Crippen molar-refractivity contribution in [1.29, 1.82) is 0 Å². The lowest BCUT2D eigenvalue weighted by Crippen LogP contribution is -2.45. The number of carbonyl (C=O) groups excluding carboxylic acids is 1. The molecular formula is C24H32N2O5S. The highest BCUT2D eigenvalue weighted by molar-refractivity contribution is 7.89. The third-order valence-electron chi connectivity index (χ3n) is 5.88. The van der Waals surface area contributed by atoms with Gasteiger partial charge in [0.2, 0.25) is 15.9 Å². The summed E-state index contributed by atoms with van der Waals surface area (Å²) in [5.74, 6) is 1.37. The van der Waals surface area contributed by atoms with E-state index < -0.39 is 10.0 Å². The van der Waals surface area contributed by atoms with Crippen LogP contribution in [0.2, 0.25) is 0 Å². The van der Waals surface area contributed by atoms with Gasteiger partial charge in [0.25, 0.3) is 0 Å². The van der Waals surface area contributed by atoms with Crippen LogP contribution < -0.4 is 9.47 Å². The van der Waals surface area contributed by atoms with Crippen LogP contribution in [0, 0.1) is 0 Å². The predicted octanol–water partition coefficient (Wildman–Crippen LogP) is 3.44. The third-order valence-corrected chi connectivity index (χ3v) is 7.63. The average Bonchev–Trinajstić information content (AvgIpc) is 2.79. The molecule has 1 aliphatic rings. The fourth-order valence-electron chi connectivity index (χ4n) is 3.90. The summed E-state index contributed by atoms with van der Waals surface area (Å²) in [6.07, 6.45) is 2.27. The molecule has 1 atom stereocenters. The van der Waals surface area contributed by atoms with E-state index in [0.29, 0.717) is 6.42 Å². The Morgan fingerprint density at radius 3 is 1.88 bits per heavy atom. The van der Waals surface area contributed by atoms with E-state index in [-0.39, 0.29) is 37.3 Å². The number of ether oxygens (including phenoxy) is 2. The molecule has 0 spiro atoms. The molecule has 1 heterocycles. The van der Waals surface area contributed by atoms with Crippen molar-refractivity contribution >= 4 is 15.9 Å². The van der Waals surface area contributed by atoms with Crippen LogP contribution in [0.15, 0.2) is 48.5 Å². The van der Waals surface area contributed by atoms with Gasteiger partial charge in [0.1, 0.15) is 11.5 Å². The van der Waals surface area contributed by atoms with Gasteiger partial charge in [-0.1, -0.05) is 24.3 Å². The van der Waals surface area contributed by atoms with Crippen molar-refractivity contribution in [2.45, 2.75) is 45.3 Å². The van der Waals surface area contributed by atoms with Gasteiger partial charge in [0, 0.05) is 32.1 Å². The summed E-state index contributed by atoms with van der Waals surface area (Å²) >= 11 is 0. The van der Waals surface area contributed by atoms with Crippen molar-refractivity contribution in [1.82, 2.24) is 9.21 Å². The third kappa shape index (κ3) is 6.23. The van der Waals surface area contributed by atoms with E-state index in [2.05, 4.69) is 0 Å². The number of sulfonamides is 1. The molecule has 32 heavy (non-hydrogen) atoms. The number of benzene rings is 2. The van der Waals surface area contributed by atoms with Crippen molar-refractivity contribution < 1.29 is 22.7 Å². The lowest BCUT2D eigenvalue weighted by atomic mass is 10.0. The van der Waals surface area contributed by atoms with E-state index in [1.54, 1.807) is 19.1 Å². The van der Waals surface area contributed by atoms with Gasteiger partial charge in [-0.2, -0.15) is 4.31 Å². The molecule has 0 aromatic heterocycles. The molecule has 0 N–H and O–H groups in total. The minimum Gasteiger partial charge on any atom is -0.497 e. The number of hydrogen-bond acceptors (Lipinski definition) is 5. The summed E-state index contributed by atoms with van der Waals surface area (Å²) in [5, 5.41) is 0. The predicted molar refractivity (Wildman–Crippen MR) is 124 cm³/mol. The second-order valence-electron chi connectivity index (χ2n) is 8.11. The summed E-state index contributed by atoms with van der Waals surface area (Å²) < 4.78 is 38.6. The van der Waals surface area contributed by atoms with Crippen LogP contribution in [-0.2, 0) is 27.9 Å². The lowest BCUT2D eigenvalue weighted by molar-refractivity contribution is -0.135. The monoisotopic (exact) mass is 460 g/mol. The van der Waals surface area contributed by atoms with Gasteiger partial charge >= 0.3 is 0 Å². The van der Waals surface area contributed by atoms with E-state index in [1.165, 1.54) is 4.31 Å². The first kappa shape index (κ1) is 24.1. The Kier molecular flexibility index (Phi) is 8.15. The van der Waals surface area contributed by atoms with Crippen molar-refractivity contribution in [3.63, 3.8) is 0 Å². The van der Waals surface area contributed by atoms with E-state index in [0.717, 1.165) is 35.5 Å². The molecule has 0 saturated carbocycles. The second-order valence-corrected chi connectivity index (χ2v) is 10.2. The highest BCUT2D eigenvalue weighted by atomic mass is 32.2. The normalized spacial score (nSPS) is 16.9. The minimum absolute atomic E-state index is 0.0378. The standard InChI is InChI=1S/C24H32N2O5S/c1-19-5-4-6-24(27)26(19)15-16-32(28,29)25(17-20-7-11-22(30-2)12-8-20)18-21-9-13-23(31-3)14-10-21/h7-14,19H,4-6,15-18H2,1-3H3/t19-/m1/s1. The Morgan fingerprint density at radius 2 is 1.44 bits per heavy atom. The first-order chi connectivity index (χ1) is 15.3. The largest absolute Gasteiger partial charge is 0.497 e. The molecule has 0 aliphatic carbocycles. The van der Waals surface area contributed by atoms with Crippen molar-refractivity contribution in [3.8, 4) is 11.5 Å². The number of rotatable bonds is 10. The molecule has 1 saturated heterocycles. The molecule has 0 unspecified atom stereocenters. The second kappa shape index (κ2) is 10.8. The number of amides is 1. The topological polar surface area (TPSA) is 76.2 Å². The molecule has 2 aromatic rings. The summed E-state index contributed by atoms with van der Waals surface area (Å²) in [7, 11) is -0.428. The van der Waals surface area contributed by atoms with Crippen molar-refractivity contribution in [2.75, 3.05) is 26.5 Å². The number of carbonyl (C=O) groups is 1. The Balaban J connectivity index is 1.78. The molecule has 3 rings (SSSR count). The number of hydrogen-bond donors (Lipinski definition) is 0. The van der Waals surface area contributed by atoms with E-state index >= 15 is 0 Å². The van der Waals surface area contributed by atoms with Gasteiger partial charge in [-0.3, -0.25) is 4.79 Å². The van der Waals surface area contributed by atoms with Crippen LogP contribution in [0.25, 0.3) is 0 Å². The quantitative estimate of drug-likeness (QED) is 0.543. The Morgan fingerprint density at radius 1 is 0.938 bits per heavy atom. The van der Waals surface area contributed by atoms with Gasteiger partial charge in [0.15, 0.2) is 0 Å². The zero-order valence-electron chi connectivity index (χ0n) is 19.0. The fourth-order valence-corrected chi connectivity index (χ4v) is 5.28. The molecular weight excluding hydrogens is 428 g/mol. The van der Waals surface area contributed by atoms with Gasteiger partial charge in [-0.15, -0.1) is 0 Å². The first-order valence-electron chi connectivity index (χ1n) is 10.9. The van der Waals surface area contributed by atoms with E-state index in [4.69, 9.17) is 9.47 Å². The summed E-state index contributed by atoms with van der Waals surface area (Å²) in [6, 6.07) is 14.8. The molecule has 2 aromatic carbocycles. The zero-order valence-corrected chi connectivity index (χ0v) is 19.8. The van der Waals surface area contributed by atoms with Gasteiger partial charge in [0.05, 0.1) is 20.0 Å². The number of nitrogens with zero attached hydrogens (tertiary/aromatic N) is 2. The van der Waals surface area contributed by atoms with Crippen LogP contribution in [0.5, 0.6) is 11.5 Å². The highest BCUT2D eigenvalue weighted by Crippen LogP contribution is 2.21. The van der Waals surface area contributed by atoms with Crippen molar-refractivity contribution in [3.05, 3.63) is 59.7 Å². The Hall–Kier alpha value is -2.58. The number of piperidine rings is 1. The highest BCUT2D eigenvalue weighted by Gasteiger charge is 2.29. The maximum Gasteiger partial charge on any atom is 0.222 e. The molecule has 8 heteroatoms. The van der Waals surface area contributed by atoms with Crippen LogP contribution in [0.4, 0.5) is 0 Å². The lowest BCUT2D eigenvalue weighted by Gasteiger charge is -2.34. The Bertz CT molecular complexity index is 941. The average molecular weight is 461 g/mol. The van der Waals surface area contributed by atoms with Crippen LogP contribution in [0.1, 0.15) is 37.3 Å². The van der Waals surface area contributed by atoms with Crippen LogP contribution >= 0.6 is 0 Å². The molecule has 7 nitrogen and oxygen atoms in total. The molecule has 1 aliphatic heterocycles. The molecule has 1 amide bonds. The summed E-state index contributed by atoms with van der Waals surface area (Å²) in [4.78, 5) is 14.0. The maximum absolute atomic E-state index is 13.4. The van der Waals surface area contributed by atoms with Gasteiger partial charge in [-0.05, 0) is 55.2 Å². The maximum atomic E-state index is 13.4. The smallest absolute Gasteiger partial charge is 0.222 e. The first-order valence-corrected chi connectivity index (χ1v) is 12.5. The fraction of sp³-hybridized carbons (Fsp3) is 0.458. The molecule has 1 fully saturated rings. The summed E-state index contributed by atoms with van der Waals surface area (Å²) in [6.45, 7) is 2.67. The van der Waals surface area contributed by atoms with Gasteiger partial charge in [-0.25, -0.2) is 8.42 Å². The zero-order chi connectivity index (χ0) is 23.1. The number of methoxy groups -OCH3 is 2. The van der Waals surface area contributed by atoms with Crippen LogP contribution in [0.3, 0.4) is 0 Å². The summed E-state index contributed by atoms with van der Waals surface area (Å²) in [5.41, 5.74) is 1.73. The molecule has 174 valence electrons. The van der Waals surface area contributed by atoms with E-state index in [9.17, 15) is 13.2 Å². The minimum atomic E-state index is -3.62. The van der Waals surface area contributed by atoms with Crippen LogP contribution in [-0.4, -0.2) is 56.1 Å². The van der Waals surface area contributed by atoms with E-state index in [1.807, 2.05) is 55.5 Å². The van der Waals surface area contributed by atoms with Crippen molar-refractivity contribution in [2.24, 2.45) is 0 Å². The number of likely N-dealkylation sites (tertiary alicyclic amines) is 1.